The van der Waals surface area contributed by atoms with Crippen molar-refractivity contribution in [3.8, 4) is 28.5 Å². The van der Waals surface area contributed by atoms with Crippen molar-refractivity contribution in [1.29, 1.82) is 0 Å². The predicted molar refractivity (Wildman–Crippen MR) is 138 cm³/mol. The number of ether oxygens (including phenoxy) is 3. The van der Waals surface area contributed by atoms with Gasteiger partial charge in [0.15, 0.2) is 11.5 Å². The third kappa shape index (κ3) is 5.18. The molecule has 1 aromatic heterocycles. The average molecular weight is 494 g/mol. The fraction of sp³-hybridized carbons (Fsp3) is 0.429. The van der Waals surface area contributed by atoms with Crippen molar-refractivity contribution in [3.63, 3.8) is 0 Å². The summed E-state index contributed by atoms with van der Waals surface area (Å²) in [5.41, 5.74) is 3.17. The van der Waals surface area contributed by atoms with Crippen molar-refractivity contribution in [1.82, 2.24) is 15.1 Å². The van der Waals surface area contributed by atoms with Gasteiger partial charge in [-0.05, 0) is 56.0 Å². The van der Waals surface area contributed by atoms with Gasteiger partial charge >= 0.3 is 0 Å². The highest BCUT2D eigenvalue weighted by molar-refractivity contribution is 6.00. The predicted octanol–water partition coefficient (Wildman–Crippen LogP) is 5.19. The quantitative estimate of drug-likeness (QED) is 0.357. The molecule has 3 aromatic rings. The Morgan fingerprint density at radius 1 is 1.11 bits per heavy atom. The van der Waals surface area contributed by atoms with Gasteiger partial charge in [0.2, 0.25) is 0 Å². The second kappa shape index (κ2) is 11.0. The second-order valence-corrected chi connectivity index (χ2v) is 9.67. The number of carbonyl (C=O) groups is 1. The Balaban J connectivity index is 1.75. The van der Waals surface area contributed by atoms with E-state index < -0.39 is 6.04 Å². The van der Waals surface area contributed by atoms with Crippen LogP contribution in [0.25, 0.3) is 11.3 Å². The molecule has 1 unspecified atom stereocenters. The van der Waals surface area contributed by atoms with Crippen molar-refractivity contribution >= 4 is 5.91 Å². The van der Waals surface area contributed by atoms with Gasteiger partial charge in [-0.3, -0.25) is 9.89 Å². The number of aromatic nitrogens is 2. The lowest BCUT2D eigenvalue weighted by molar-refractivity contribution is 0.0601. The van der Waals surface area contributed by atoms with Gasteiger partial charge in [0.25, 0.3) is 5.91 Å². The van der Waals surface area contributed by atoms with Crippen LogP contribution in [0.15, 0.2) is 42.5 Å². The molecule has 2 N–H and O–H groups in total. The van der Waals surface area contributed by atoms with Gasteiger partial charge in [-0.25, -0.2) is 0 Å². The minimum atomic E-state index is -0.409. The standard InChI is InChI=1S/C28H35N3O5/c1-17(2)16-36-22-12-11-19(15-23(22)34-5)27-24-25(20-9-6-7-10-21(20)32)29-30-26(24)28(33)31(27)13-8-14-35-18(3)4/h6-7,9-12,15,17-18,27,32H,8,13-14,16H2,1-5H3,(H,29,30). The lowest BCUT2D eigenvalue weighted by Gasteiger charge is -2.27. The Labute approximate surface area is 212 Å². The summed E-state index contributed by atoms with van der Waals surface area (Å²) < 4.78 is 17.3. The van der Waals surface area contributed by atoms with E-state index in [1.165, 1.54) is 0 Å². The molecule has 0 bridgehead atoms. The third-order valence-corrected chi connectivity index (χ3v) is 6.09. The highest BCUT2D eigenvalue weighted by Gasteiger charge is 2.42. The van der Waals surface area contributed by atoms with E-state index >= 15 is 0 Å². The number of benzene rings is 2. The smallest absolute Gasteiger partial charge is 0.273 e. The first-order valence-corrected chi connectivity index (χ1v) is 12.4. The van der Waals surface area contributed by atoms with E-state index in [4.69, 9.17) is 14.2 Å². The number of phenolic OH excluding ortho intramolecular Hbond substituents is 1. The largest absolute Gasteiger partial charge is 0.507 e. The molecular weight excluding hydrogens is 458 g/mol. The zero-order valence-electron chi connectivity index (χ0n) is 21.6. The molecule has 36 heavy (non-hydrogen) atoms. The van der Waals surface area contributed by atoms with Crippen LogP contribution in [0.1, 0.15) is 61.8 Å². The Hall–Kier alpha value is -3.52. The van der Waals surface area contributed by atoms with E-state index in [0.29, 0.717) is 60.5 Å². The van der Waals surface area contributed by atoms with Crippen LogP contribution in [-0.4, -0.2) is 59.1 Å². The van der Waals surface area contributed by atoms with E-state index in [1.807, 2.05) is 43.0 Å². The van der Waals surface area contributed by atoms with Crippen LogP contribution in [0.2, 0.25) is 0 Å². The van der Waals surface area contributed by atoms with Gasteiger partial charge in [-0.1, -0.05) is 32.0 Å². The molecule has 2 aromatic carbocycles. The van der Waals surface area contributed by atoms with Gasteiger partial charge in [0.1, 0.15) is 17.1 Å². The number of phenols is 1. The molecule has 192 valence electrons. The molecule has 0 radical (unpaired) electrons. The Morgan fingerprint density at radius 3 is 2.58 bits per heavy atom. The van der Waals surface area contributed by atoms with E-state index in [-0.39, 0.29) is 17.8 Å². The molecule has 1 atom stereocenters. The zero-order chi connectivity index (χ0) is 25.8. The summed E-state index contributed by atoms with van der Waals surface area (Å²) >= 11 is 0. The van der Waals surface area contributed by atoms with Crippen LogP contribution in [0.4, 0.5) is 0 Å². The summed E-state index contributed by atoms with van der Waals surface area (Å²) in [6, 6.07) is 12.4. The van der Waals surface area contributed by atoms with E-state index in [9.17, 15) is 9.90 Å². The maximum Gasteiger partial charge on any atom is 0.273 e. The molecule has 8 heteroatoms. The van der Waals surface area contributed by atoms with Crippen molar-refractivity contribution in [2.24, 2.45) is 5.92 Å². The Kier molecular flexibility index (Phi) is 7.84. The molecule has 1 amide bonds. The van der Waals surface area contributed by atoms with Crippen molar-refractivity contribution in [2.75, 3.05) is 26.9 Å². The summed E-state index contributed by atoms with van der Waals surface area (Å²) in [5, 5.41) is 17.9. The number of hydrogen-bond donors (Lipinski definition) is 2. The number of rotatable bonds is 11. The third-order valence-electron chi connectivity index (χ3n) is 6.09. The molecule has 1 aliphatic rings. The first kappa shape index (κ1) is 25.6. The van der Waals surface area contributed by atoms with E-state index in [2.05, 4.69) is 24.0 Å². The lowest BCUT2D eigenvalue weighted by Crippen LogP contribution is -2.31. The summed E-state index contributed by atoms with van der Waals surface area (Å²) in [6.07, 6.45) is 0.818. The van der Waals surface area contributed by atoms with Crippen LogP contribution < -0.4 is 9.47 Å². The highest BCUT2D eigenvalue weighted by atomic mass is 16.5. The number of nitrogens with one attached hydrogen (secondary N) is 1. The number of methoxy groups -OCH3 is 1. The summed E-state index contributed by atoms with van der Waals surface area (Å²) in [6.45, 7) is 9.80. The van der Waals surface area contributed by atoms with Crippen molar-refractivity contribution < 1.29 is 24.1 Å². The fourth-order valence-corrected chi connectivity index (χ4v) is 4.44. The van der Waals surface area contributed by atoms with Gasteiger partial charge in [0.05, 0.1) is 25.9 Å². The number of carbonyl (C=O) groups excluding carboxylic acids is 1. The summed E-state index contributed by atoms with van der Waals surface area (Å²) in [4.78, 5) is 15.4. The first-order chi connectivity index (χ1) is 17.3. The van der Waals surface area contributed by atoms with Gasteiger partial charge in [-0.2, -0.15) is 5.10 Å². The molecule has 8 nitrogen and oxygen atoms in total. The molecule has 4 rings (SSSR count). The van der Waals surface area contributed by atoms with Crippen molar-refractivity contribution in [3.05, 3.63) is 59.3 Å². The Morgan fingerprint density at radius 2 is 1.89 bits per heavy atom. The van der Waals surface area contributed by atoms with Crippen LogP contribution in [0, 0.1) is 5.92 Å². The maximum absolute atomic E-state index is 13.5. The average Bonchev–Trinajstić information content (AvgIpc) is 3.39. The van der Waals surface area contributed by atoms with Crippen molar-refractivity contribution in [2.45, 2.75) is 46.3 Å². The van der Waals surface area contributed by atoms with Gasteiger partial charge in [-0.15, -0.1) is 0 Å². The topological polar surface area (TPSA) is 96.9 Å². The molecule has 0 saturated heterocycles. The number of para-hydroxylation sites is 1. The number of nitrogens with zero attached hydrogens (tertiary/aromatic N) is 2. The lowest BCUT2D eigenvalue weighted by atomic mass is 9.95. The zero-order valence-corrected chi connectivity index (χ0v) is 21.6. The number of hydrogen-bond acceptors (Lipinski definition) is 6. The van der Waals surface area contributed by atoms with E-state index in [0.717, 1.165) is 11.1 Å². The number of amides is 1. The molecule has 0 saturated carbocycles. The van der Waals surface area contributed by atoms with Gasteiger partial charge < -0.3 is 24.2 Å². The molecule has 1 aliphatic heterocycles. The van der Waals surface area contributed by atoms with Gasteiger partial charge in [0, 0.05) is 24.3 Å². The van der Waals surface area contributed by atoms with Crippen LogP contribution in [0.5, 0.6) is 17.2 Å². The normalized spacial score (nSPS) is 15.1. The fourth-order valence-electron chi connectivity index (χ4n) is 4.44. The van der Waals surface area contributed by atoms with Crippen LogP contribution >= 0.6 is 0 Å². The Bertz CT molecular complexity index is 1200. The second-order valence-electron chi connectivity index (χ2n) is 9.67. The van der Waals surface area contributed by atoms with E-state index in [1.54, 1.807) is 25.3 Å². The maximum atomic E-state index is 13.5. The molecule has 0 fully saturated rings. The summed E-state index contributed by atoms with van der Waals surface area (Å²) in [7, 11) is 1.61. The summed E-state index contributed by atoms with van der Waals surface area (Å²) in [5.74, 6) is 1.61. The number of aromatic amines is 1. The monoisotopic (exact) mass is 493 g/mol. The molecular formula is C28H35N3O5. The minimum absolute atomic E-state index is 0.108. The SMILES string of the molecule is COc1cc(C2c3c(-c4ccccc4O)n[nH]c3C(=O)N2CCCOC(C)C)ccc1OCC(C)C. The molecule has 2 heterocycles. The molecule has 0 spiro atoms. The van der Waals surface area contributed by atoms with Crippen LogP contribution in [-0.2, 0) is 4.74 Å². The number of H-pyrrole nitrogens is 1. The van der Waals surface area contributed by atoms with Crippen LogP contribution in [0.3, 0.4) is 0 Å². The number of fused-ring (bicyclic) bond motifs is 1. The number of aromatic hydroxyl groups is 1. The molecule has 0 aliphatic carbocycles. The first-order valence-electron chi connectivity index (χ1n) is 12.4. The highest BCUT2D eigenvalue weighted by Crippen LogP contribution is 2.45. The minimum Gasteiger partial charge on any atom is -0.507 e.